The van der Waals surface area contributed by atoms with Crippen LogP contribution in [0, 0.1) is 11.3 Å². The van der Waals surface area contributed by atoms with E-state index in [4.69, 9.17) is 28.5 Å². The molecule has 0 aliphatic rings. The Balaban J connectivity index is 2.07. The van der Waals surface area contributed by atoms with Crippen LogP contribution in [0.3, 0.4) is 0 Å². The van der Waals surface area contributed by atoms with E-state index in [1.165, 1.54) is 6.07 Å². The van der Waals surface area contributed by atoms with Crippen LogP contribution >= 0.6 is 23.2 Å². The van der Waals surface area contributed by atoms with Gasteiger partial charge in [-0.05, 0) is 35.9 Å². The van der Waals surface area contributed by atoms with Crippen LogP contribution in [0.15, 0.2) is 42.5 Å². The number of hydrogen-bond donors (Lipinski definition) is 1. The lowest BCUT2D eigenvalue weighted by atomic mass is 10.1. The molecule has 0 aliphatic carbocycles. The first-order valence-corrected chi connectivity index (χ1v) is 6.58. The third-order valence-corrected chi connectivity index (χ3v) is 3.23. The van der Waals surface area contributed by atoms with E-state index in [2.05, 4.69) is 11.4 Å². The number of nitrogens with one attached hydrogen (secondary N) is 1. The predicted molar refractivity (Wildman–Crippen MR) is 78.8 cm³/mol. The second kappa shape index (κ2) is 6.42. The lowest BCUT2D eigenvalue weighted by Gasteiger charge is -2.07. The SMILES string of the molecule is N#Cc1cccc(CNC(=O)c2ccc(Cl)cc2Cl)c1. The fourth-order valence-corrected chi connectivity index (χ4v) is 2.20. The zero-order valence-electron chi connectivity index (χ0n) is 10.4. The number of benzene rings is 2. The van der Waals surface area contributed by atoms with Crippen molar-refractivity contribution in [2.24, 2.45) is 0 Å². The first kappa shape index (κ1) is 14.4. The Bertz CT molecular complexity index is 693. The van der Waals surface area contributed by atoms with E-state index in [-0.39, 0.29) is 5.91 Å². The quantitative estimate of drug-likeness (QED) is 0.938. The van der Waals surface area contributed by atoms with Crippen molar-refractivity contribution in [3.63, 3.8) is 0 Å². The zero-order chi connectivity index (χ0) is 14.5. The molecular formula is C15H10Cl2N2O. The number of amides is 1. The molecule has 1 amide bonds. The molecule has 20 heavy (non-hydrogen) atoms. The van der Waals surface area contributed by atoms with Crippen LogP contribution in [-0.4, -0.2) is 5.91 Å². The monoisotopic (exact) mass is 304 g/mol. The summed E-state index contributed by atoms with van der Waals surface area (Å²) in [7, 11) is 0. The van der Waals surface area contributed by atoms with Crippen LogP contribution in [0.5, 0.6) is 0 Å². The average Bonchev–Trinajstić information content (AvgIpc) is 2.45. The van der Waals surface area contributed by atoms with Gasteiger partial charge < -0.3 is 5.32 Å². The van der Waals surface area contributed by atoms with Crippen LogP contribution in [-0.2, 0) is 6.54 Å². The van der Waals surface area contributed by atoms with Crippen LogP contribution < -0.4 is 5.32 Å². The molecule has 0 spiro atoms. The fourth-order valence-electron chi connectivity index (χ4n) is 1.70. The van der Waals surface area contributed by atoms with E-state index in [0.29, 0.717) is 27.7 Å². The molecule has 0 aromatic heterocycles. The van der Waals surface area contributed by atoms with Crippen molar-refractivity contribution in [2.75, 3.05) is 0 Å². The van der Waals surface area contributed by atoms with Gasteiger partial charge in [0.15, 0.2) is 0 Å². The molecule has 2 aromatic carbocycles. The summed E-state index contributed by atoms with van der Waals surface area (Å²) in [6, 6.07) is 13.8. The minimum absolute atomic E-state index is 0.283. The van der Waals surface area contributed by atoms with E-state index in [0.717, 1.165) is 5.56 Å². The maximum absolute atomic E-state index is 12.0. The average molecular weight is 305 g/mol. The standard InChI is InChI=1S/C15H10Cl2N2O/c16-12-4-5-13(14(17)7-12)15(20)19-9-11-3-1-2-10(6-11)8-18/h1-7H,9H2,(H,19,20). The molecule has 3 nitrogen and oxygen atoms in total. The first-order valence-electron chi connectivity index (χ1n) is 5.82. The molecule has 2 aromatic rings. The van der Waals surface area contributed by atoms with Gasteiger partial charge in [-0.3, -0.25) is 4.79 Å². The maximum Gasteiger partial charge on any atom is 0.253 e. The van der Waals surface area contributed by atoms with Gasteiger partial charge in [0.05, 0.1) is 22.2 Å². The Morgan fingerprint density at radius 3 is 2.70 bits per heavy atom. The summed E-state index contributed by atoms with van der Waals surface area (Å²) >= 11 is 11.7. The summed E-state index contributed by atoms with van der Waals surface area (Å²) in [5.74, 6) is -0.283. The molecule has 0 unspecified atom stereocenters. The third kappa shape index (κ3) is 3.51. The van der Waals surface area contributed by atoms with Gasteiger partial charge in [0.1, 0.15) is 0 Å². The summed E-state index contributed by atoms with van der Waals surface area (Å²) in [5, 5.41) is 12.3. The van der Waals surface area contributed by atoms with Gasteiger partial charge in [0.2, 0.25) is 0 Å². The van der Waals surface area contributed by atoms with E-state index >= 15 is 0 Å². The molecule has 5 heteroatoms. The second-order valence-electron chi connectivity index (χ2n) is 4.12. The lowest BCUT2D eigenvalue weighted by molar-refractivity contribution is 0.0951. The van der Waals surface area contributed by atoms with Gasteiger partial charge in [0, 0.05) is 11.6 Å². The van der Waals surface area contributed by atoms with Crippen molar-refractivity contribution in [3.8, 4) is 6.07 Å². The maximum atomic E-state index is 12.0. The lowest BCUT2D eigenvalue weighted by Crippen LogP contribution is -2.23. The summed E-state index contributed by atoms with van der Waals surface area (Å²) in [5.41, 5.74) is 1.77. The fraction of sp³-hybridized carbons (Fsp3) is 0.0667. The van der Waals surface area contributed by atoms with Crippen molar-refractivity contribution < 1.29 is 4.79 Å². The summed E-state index contributed by atoms with van der Waals surface area (Å²) in [6.45, 7) is 0.327. The molecule has 100 valence electrons. The van der Waals surface area contributed by atoms with Crippen molar-refractivity contribution >= 4 is 29.1 Å². The summed E-state index contributed by atoms with van der Waals surface area (Å²) < 4.78 is 0. The van der Waals surface area contributed by atoms with Gasteiger partial charge in [-0.2, -0.15) is 5.26 Å². The van der Waals surface area contributed by atoms with Crippen LogP contribution in [0.2, 0.25) is 10.0 Å². The number of carbonyl (C=O) groups is 1. The predicted octanol–water partition coefficient (Wildman–Crippen LogP) is 3.80. The third-order valence-electron chi connectivity index (χ3n) is 2.68. The molecule has 0 bridgehead atoms. The normalized spacial score (nSPS) is 9.85. The molecule has 0 saturated heterocycles. The summed E-state index contributed by atoms with van der Waals surface area (Å²) in [4.78, 5) is 12.0. The summed E-state index contributed by atoms with van der Waals surface area (Å²) in [6.07, 6.45) is 0. The Hall–Kier alpha value is -2.02. The van der Waals surface area contributed by atoms with E-state index < -0.39 is 0 Å². The minimum atomic E-state index is -0.283. The van der Waals surface area contributed by atoms with Gasteiger partial charge in [-0.15, -0.1) is 0 Å². The van der Waals surface area contributed by atoms with Gasteiger partial charge >= 0.3 is 0 Å². The second-order valence-corrected chi connectivity index (χ2v) is 4.96. The number of nitrogens with zero attached hydrogens (tertiary/aromatic N) is 1. The molecule has 2 rings (SSSR count). The largest absolute Gasteiger partial charge is 0.348 e. The highest BCUT2D eigenvalue weighted by Crippen LogP contribution is 2.20. The Morgan fingerprint density at radius 2 is 2.00 bits per heavy atom. The number of halogens is 2. The van der Waals surface area contributed by atoms with Crippen LogP contribution in [0.1, 0.15) is 21.5 Å². The zero-order valence-corrected chi connectivity index (χ0v) is 11.9. The van der Waals surface area contributed by atoms with E-state index in [1.807, 2.05) is 6.07 Å². The van der Waals surface area contributed by atoms with Gasteiger partial charge in [-0.25, -0.2) is 0 Å². The highest BCUT2D eigenvalue weighted by Gasteiger charge is 2.10. The van der Waals surface area contributed by atoms with Gasteiger partial charge in [-0.1, -0.05) is 35.3 Å². The van der Waals surface area contributed by atoms with Gasteiger partial charge in [0.25, 0.3) is 5.91 Å². The highest BCUT2D eigenvalue weighted by atomic mass is 35.5. The molecule has 0 atom stereocenters. The topological polar surface area (TPSA) is 52.9 Å². The minimum Gasteiger partial charge on any atom is -0.348 e. The van der Waals surface area contributed by atoms with E-state index in [1.54, 1.807) is 30.3 Å². The smallest absolute Gasteiger partial charge is 0.253 e. The van der Waals surface area contributed by atoms with Crippen molar-refractivity contribution in [3.05, 3.63) is 69.2 Å². The number of rotatable bonds is 3. The number of hydrogen-bond acceptors (Lipinski definition) is 2. The molecule has 0 radical (unpaired) electrons. The van der Waals surface area contributed by atoms with Crippen LogP contribution in [0.25, 0.3) is 0 Å². The molecule has 1 N–H and O–H groups in total. The molecule has 0 heterocycles. The van der Waals surface area contributed by atoms with Crippen molar-refractivity contribution in [1.29, 1.82) is 5.26 Å². The molecule has 0 aliphatic heterocycles. The van der Waals surface area contributed by atoms with Crippen molar-refractivity contribution in [2.45, 2.75) is 6.54 Å². The first-order chi connectivity index (χ1) is 9.60. The highest BCUT2D eigenvalue weighted by molar-refractivity contribution is 6.36. The number of nitriles is 1. The Morgan fingerprint density at radius 1 is 1.20 bits per heavy atom. The Kier molecular flexibility index (Phi) is 4.62. The number of carbonyl (C=O) groups excluding carboxylic acids is 1. The molecular weight excluding hydrogens is 295 g/mol. The van der Waals surface area contributed by atoms with E-state index in [9.17, 15) is 4.79 Å². The van der Waals surface area contributed by atoms with Crippen molar-refractivity contribution in [1.82, 2.24) is 5.32 Å². The molecule has 0 fully saturated rings. The molecule has 0 saturated carbocycles. The van der Waals surface area contributed by atoms with Crippen LogP contribution in [0.4, 0.5) is 0 Å². The Labute approximate surface area is 126 Å².